The lowest BCUT2D eigenvalue weighted by Crippen LogP contribution is -2.39. The molecule has 0 saturated carbocycles. The van der Waals surface area contributed by atoms with Gasteiger partial charge in [-0.2, -0.15) is 0 Å². The average Bonchev–Trinajstić information content (AvgIpc) is 2.15. The molecule has 0 aliphatic rings. The Morgan fingerprint density at radius 2 is 2.23 bits per heavy atom. The maximum Gasteiger partial charge on any atom is 0.172 e. The highest BCUT2D eigenvalue weighted by Gasteiger charge is 2.12. The van der Waals surface area contributed by atoms with Crippen molar-refractivity contribution in [1.82, 2.24) is 10.4 Å². The van der Waals surface area contributed by atoms with Crippen molar-refractivity contribution < 1.29 is 8.76 Å². The summed E-state index contributed by atoms with van der Waals surface area (Å²) < 4.78 is 19.5. The van der Waals surface area contributed by atoms with Gasteiger partial charge in [-0.05, 0) is 17.7 Å². The third kappa shape index (κ3) is 3.19. The first-order chi connectivity index (χ1) is 6.24. The number of aromatic nitrogens is 1. The molecule has 0 amide bonds. The molecule has 0 aliphatic carbocycles. The van der Waals surface area contributed by atoms with Crippen LogP contribution in [-0.2, 0) is 17.5 Å². The van der Waals surface area contributed by atoms with Gasteiger partial charge in [0.05, 0.1) is 0 Å². The molecule has 0 fully saturated rings. The first kappa shape index (κ1) is 10.3. The molecule has 0 aliphatic heterocycles. The van der Waals surface area contributed by atoms with Crippen LogP contribution in [0, 0.1) is 0 Å². The van der Waals surface area contributed by atoms with E-state index in [0.717, 1.165) is 5.56 Å². The number of rotatable bonds is 4. The SMILES string of the molecule is NNC(Cc1ccncc1)S(=O)O. The third-order valence-electron chi connectivity index (χ3n) is 1.60. The van der Waals surface area contributed by atoms with Gasteiger partial charge in [0, 0.05) is 18.8 Å². The van der Waals surface area contributed by atoms with Gasteiger partial charge in [0.25, 0.3) is 0 Å². The molecule has 1 heterocycles. The molecule has 4 N–H and O–H groups in total. The van der Waals surface area contributed by atoms with Crippen LogP contribution in [-0.4, -0.2) is 19.1 Å². The zero-order valence-electron chi connectivity index (χ0n) is 6.88. The first-order valence-corrected chi connectivity index (χ1v) is 4.85. The van der Waals surface area contributed by atoms with Crippen molar-refractivity contribution in [3.63, 3.8) is 0 Å². The summed E-state index contributed by atoms with van der Waals surface area (Å²) in [6.07, 6.45) is 3.66. The van der Waals surface area contributed by atoms with Crippen LogP contribution in [0.25, 0.3) is 0 Å². The zero-order chi connectivity index (χ0) is 9.68. The van der Waals surface area contributed by atoms with E-state index in [9.17, 15) is 4.21 Å². The van der Waals surface area contributed by atoms with E-state index in [0.29, 0.717) is 6.42 Å². The van der Waals surface area contributed by atoms with Crippen LogP contribution in [0.5, 0.6) is 0 Å². The fraction of sp³-hybridized carbons (Fsp3) is 0.286. The van der Waals surface area contributed by atoms with Crippen LogP contribution >= 0.6 is 0 Å². The van der Waals surface area contributed by atoms with Gasteiger partial charge >= 0.3 is 0 Å². The quantitative estimate of drug-likeness (QED) is 0.351. The van der Waals surface area contributed by atoms with Crippen LogP contribution in [0.2, 0.25) is 0 Å². The number of nitrogens with two attached hydrogens (primary N) is 1. The minimum Gasteiger partial charge on any atom is -0.305 e. The highest BCUT2D eigenvalue weighted by molar-refractivity contribution is 7.79. The molecule has 6 heteroatoms. The monoisotopic (exact) mass is 201 g/mol. The van der Waals surface area contributed by atoms with E-state index < -0.39 is 16.5 Å². The van der Waals surface area contributed by atoms with Crippen LogP contribution in [0.3, 0.4) is 0 Å². The second-order valence-corrected chi connectivity index (χ2v) is 3.61. The van der Waals surface area contributed by atoms with Gasteiger partial charge in [-0.3, -0.25) is 10.8 Å². The van der Waals surface area contributed by atoms with Crippen molar-refractivity contribution in [3.8, 4) is 0 Å². The van der Waals surface area contributed by atoms with Gasteiger partial charge in [-0.1, -0.05) is 0 Å². The lowest BCUT2D eigenvalue weighted by atomic mass is 10.2. The topological polar surface area (TPSA) is 88.2 Å². The summed E-state index contributed by atoms with van der Waals surface area (Å²) in [6.45, 7) is 0. The summed E-state index contributed by atoms with van der Waals surface area (Å²) >= 11 is -1.96. The molecule has 1 aromatic heterocycles. The Balaban J connectivity index is 2.62. The molecule has 1 aromatic rings. The number of nitrogens with zero attached hydrogens (tertiary/aromatic N) is 1. The molecule has 13 heavy (non-hydrogen) atoms. The van der Waals surface area contributed by atoms with Crippen molar-refractivity contribution in [1.29, 1.82) is 0 Å². The highest BCUT2D eigenvalue weighted by Crippen LogP contribution is 2.02. The molecule has 0 radical (unpaired) electrons. The standard InChI is InChI=1S/C7H11N3O2S/c8-10-7(13(11)12)5-6-1-3-9-4-2-6/h1-4,7,10H,5,8H2,(H,11,12). The fourth-order valence-electron chi connectivity index (χ4n) is 0.921. The van der Waals surface area contributed by atoms with E-state index in [1.807, 2.05) is 0 Å². The van der Waals surface area contributed by atoms with E-state index in [4.69, 9.17) is 10.4 Å². The fourth-order valence-corrected chi connectivity index (χ4v) is 1.37. The van der Waals surface area contributed by atoms with E-state index in [1.54, 1.807) is 24.5 Å². The predicted octanol–water partition coefficient (Wildman–Crippen LogP) is -0.365. The number of hydrogen-bond acceptors (Lipinski definition) is 4. The smallest absolute Gasteiger partial charge is 0.172 e. The van der Waals surface area contributed by atoms with Crippen LogP contribution < -0.4 is 11.3 Å². The number of pyridine rings is 1. The summed E-state index contributed by atoms with van der Waals surface area (Å²) in [6, 6.07) is 3.55. The van der Waals surface area contributed by atoms with Gasteiger partial charge in [-0.15, -0.1) is 0 Å². The average molecular weight is 201 g/mol. The summed E-state index contributed by atoms with van der Waals surface area (Å²) in [4.78, 5) is 3.83. The van der Waals surface area contributed by atoms with Gasteiger partial charge in [0.15, 0.2) is 11.1 Å². The summed E-state index contributed by atoms with van der Waals surface area (Å²) in [7, 11) is 0. The lowest BCUT2D eigenvalue weighted by molar-refractivity contribution is 0.523. The Bertz CT molecular complexity index is 280. The molecule has 0 bridgehead atoms. The van der Waals surface area contributed by atoms with Crippen molar-refractivity contribution >= 4 is 11.1 Å². The van der Waals surface area contributed by atoms with Gasteiger partial charge in [-0.25, -0.2) is 9.63 Å². The molecule has 0 spiro atoms. The second-order valence-electron chi connectivity index (χ2n) is 2.49. The number of nitrogens with one attached hydrogen (secondary N) is 1. The Morgan fingerprint density at radius 1 is 1.62 bits per heavy atom. The van der Waals surface area contributed by atoms with Crippen molar-refractivity contribution in [2.45, 2.75) is 11.8 Å². The molecular formula is C7H11N3O2S. The number of hydrazine groups is 1. The van der Waals surface area contributed by atoms with Gasteiger partial charge in [0.2, 0.25) is 0 Å². The van der Waals surface area contributed by atoms with Crippen molar-refractivity contribution in [3.05, 3.63) is 30.1 Å². The van der Waals surface area contributed by atoms with E-state index in [1.165, 1.54) is 0 Å². The van der Waals surface area contributed by atoms with Crippen molar-refractivity contribution in [2.75, 3.05) is 0 Å². The molecule has 1 rings (SSSR count). The van der Waals surface area contributed by atoms with Crippen LogP contribution in [0.15, 0.2) is 24.5 Å². The van der Waals surface area contributed by atoms with E-state index in [-0.39, 0.29) is 0 Å². The second kappa shape index (κ2) is 5.03. The lowest BCUT2D eigenvalue weighted by Gasteiger charge is -2.10. The molecule has 0 saturated heterocycles. The zero-order valence-corrected chi connectivity index (χ0v) is 7.70. The first-order valence-electron chi connectivity index (χ1n) is 3.68. The van der Waals surface area contributed by atoms with Crippen LogP contribution in [0.4, 0.5) is 0 Å². The van der Waals surface area contributed by atoms with Gasteiger partial charge < -0.3 is 4.55 Å². The molecule has 72 valence electrons. The Kier molecular flexibility index (Phi) is 3.97. The number of hydrogen-bond donors (Lipinski definition) is 3. The van der Waals surface area contributed by atoms with E-state index in [2.05, 4.69) is 10.4 Å². The normalized spacial score (nSPS) is 15.2. The van der Waals surface area contributed by atoms with Crippen LogP contribution in [0.1, 0.15) is 5.56 Å². The molecule has 2 atom stereocenters. The largest absolute Gasteiger partial charge is 0.305 e. The Hall–Kier alpha value is -0.820. The summed E-state index contributed by atoms with van der Waals surface area (Å²) in [5.41, 5.74) is 3.20. The Labute approximate surface area is 78.6 Å². The predicted molar refractivity (Wildman–Crippen MR) is 49.8 cm³/mol. The summed E-state index contributed by atoms with van der Waals surface area (Å²) in [5.74, 6) is 5.10. The third-order valence-corrected chi connectivity index (χ3v) is 2.39. The maximum atomic E-state index is 10.7. The molecular weight excluding hydrogens is 190 g/mol. The Morgan fingerprint density at radius 3 is 2.69 bits per heavy atom. The highest BCUT2D eigenvalue weighted by atomic mass is 32.2. The minimum atomic E-state index is -1.96. The summed E-state index contributed by atoms with van der Waals surface area (Å²) in [5, 5.41) is -0.637. The van der Waals surface area contributed by atoms with Crippen molar-refractivity contribution in [2.24, 2.45) is 5.84 Å². The maximum absolute atomic E-state index is 10.7. The molecule has 2 unspecified atom stereocenters. The molecule has 5 nitrogen and oxygen atoms in total. The van der Waals surface area contributed by atoms with E-state index >= 15 is 0 Å². The minimum absolute atomic E-state index is 0.405. The van der Waals surface area contributed by atoms with Gasteiger partial charge in [0.1, 0.15) is 5.37 Å². The molecule has 0 aromatic carbocycles.